The molecule has 0 unspecified atom stereocenters. The van der Waals surface area contributed by atoms with Gasteiger partial charge in [-0.1, -0.05) is 24.6 Å². The van der Waals surface area contributed by atoms with E-state index in [0.717, 1.165) is 29.9 Å². The maximum atomic E-state index is 9.53. The second kappa shape index (κ2) is 5.55. The first-order valence-corrected chi connectivity index (χ1v) is 6.51. The molecule has 0 aliphatic rings. The van der Waals surface area contributed by atoms with E-state index in [-0.39, 0.29) is 0 Å². The Hall–Kier alpha value is -1.32. The molecule has 0 aliphatic heterocycles. The minimum atomic E-state index is -0.505. The summed E-state index contributed by atoms with van der Waals surface area (Å²) in [5, 5.41) is 10.2. The molecule has 1 atom stereocenters. The normalized spacial score (nSPS) is 12.7. The van der Waals surface area contributed by atoms with Gasteiger partial charge in [0.2, 0.25) is 0 Å². The van der Waals surface area contributed by atoms with Gasteiger partial charge < -0.3 is 9.67 Å². The van der Waals surface area contributed by atoms with Crippen molar-refractivity contribution in [3.63, 3.8) is 0 Å². The molecule has 0 fully saturated rings. The average molecular weight is 265 g/mol. The molecule has 0 amide bonds. The van der Waals surface area contributed by atoms with Crippen molar-refractivity contribution in [1.29, 1.82) is 0 Å². The molecule has 0 radical (unpaired) electrons. The van der Waals surface area contributed by atoms with Crippen LogP contribution in [-0.2, 0) is 6.42 Å². The molecule has 2 rings (SSSR count). The van der Waals surface area contributed by atoms with E-state index in [1.807, 2.05) is 22.9 Å². The number of nitrogens with zero attached hydrogens (tertiary/aromatic N) is 2. The summed E-state index contributed by atoms with van der Waals surface area (Å²) in [5.41, 5.74) is 1.72. The predicted octanol–water partition coefficient (Wildman–Crippen LogP) is 3.53. The molecule has 3 nitrogen and oxygen atoms in total. The van der Waals surface area contributed by atoms with Crippen LogP contribution in [0.4, 0.5) is 0 Å². The van der Waals surface area contributed by atoms with Crippen LogP contribution in [0.2, 0.25) is 5.02 Å². The fraction of sp³-hybridized carbons (Fsp3) is 0.357. The topological polar surface area (TPSA) is 38.0 Å². The quantitative estimate of drug-likeness (QED) is 0.917. The molecule has 96 valence electrons. The summed E-state index contributed by atoms with van der Waals surface area (Å²) in [7, 11) is 0. The Kier molecular flexibility index (Phi) is 4.04. The Bertz CT molecular complexity index is 534. The molecule has 1 N–H and O–H groups in total. The molecule has 4 heteroatoms. The van der Waals surface area contributed by atoms with Crippen LogP contribution in [0.3, 0.4) is 0 Å². The lowest BCUT2D eigenvalue weighted by Crippen LogP contribution is -2.02. The van der Waals surface area contributed by atoms with E-state index in [9.17, 15) is 5.11 Å². The Morgan fingerprint density at radius 2 is 2.22 bits per heavy atom. The highest BCUT2D eigenvalue weighted by atomic mass is 35.5. The minimum Gasteiger partial charge on any atom is -0.389 e. The number of aromatic nitrogens is 2. The van der Waals surface area contributed by atoms with E-state index in [1.165, 1.54) is 0 Å². The van der Waals surface area contributed by atoms with Crippen LogP contribution >= 0.6 is 11.6 Å². The Morgan fingerprint density at radius 1 is 1.44 bits per heavy atom. The maximum absolute atomic E-state index is 9.53. The van der Waals surface area contributed by atoms with Gasteiger partial charge in [0.05, 0.1) is 16.8 Å². The van der Waals surface area contributed by atoms with E-state index >= 15 is 0 Å². The van der Waals surface area contributed by atoms with Crippen LogP contribution in [-0.4, -0.2) is 14.7 Å². The molecule has 1 aromatic heterocycles. The summed E-state index contributed by atoms with van der Waals surface area (Å²) >= 11 is 6.28. The SMILES string of the molecule is CCCc1nccn1-c1ccc([C@H](C)O)cc1Cl. The van der Waals surface area contributed by atoms with E-state index in [2.05, 4.69) is 11.9 Å². The second-order valence-electron chi connectivity index (χ2n) is 4.35. The first kappa shape index (κ1) is 13.1. The fourth-order valence-electron chi connectivity index (χ4n) is 1.94. The molecule has 18 heavy (non-hydrogen) atoms. The predicted molar refractivity (Wildman–Crippen MR) is 73.2 cm³/mol. The number of aryl methyl sites for hydroxylation is 1. The summed E-state index contributed by atoms with van der Waals surface area (Å²) in [6.45, 7) is 3.85. The number of aliphatic hydroxyl groups excluding tert-OH is 1. The van der Waals surface area contributed by atoms with Crippen LogP contribution in [0.1, 0.15) is 37.8 Å². The van der Waals surface area contributed by atoms with Gasteiger partial charge in [0.15, 0.2) is 0 Å². The van der Waals surface area contributed by atoms with E-state index < -0.39 is 6.10 Å². The van der Waals surface area contributed by atoms with Crippen molar-refractivity contribution < 1.29 is 5.11 Å². The highest BCUT2D eigenvalue weighted by Crippen LogP contribution is 2.25. The van der Waals surface area contributed by atoms with Gasteiger partial charge in [0.1, 0.15) is 5.82 Å². The van der Waals surface area contributed by atoms with Crippen LogP contribution in [0, 0.1) is 0 Å². The molecule has 1 aromatic carbocycles. The molecule has 0 saturated heterocycles. The fourth-order valence-corrected chi connectivity index (χ4v) is 2.22. The third-order valence-electron chi connectivity index (χ3n) is 2.90. The first-order chi connectivity index (χ1) is 8.63. The average Bonchev–Trinajstić information content (AvgIpc) is 2.77. The zero-order chi connectivity index (χ0) is 13.1. The third-order valence-corrected chi connectivity index (χ3v) is 3.21. The van der Waals surface area contributed by atoms with Crippen molar-refractivity contribution >= 4 is 11.6 Å². The number of halogens is 1. The van der Waals surface area contributed by atoms with Crippen molar-refractivity contribution in [2.75, 3.05) is 0 Å². The highest BCUT2D eigenvalue weighted by Gasteiger charge is 2.10. The Morgan fingerprint density at radius 3 is 2.83 bits per heavy atom. The van der Waals surface area contributed by atoms with E-state index in [0.29, 0.717) is 5.02 Å². The van der Waals surface area contributed by atoms with E-state index in [4.69, 9.17) is 11.6 Å². The monoisotopic (exact) mass is 264 g/mol. The van der Waals surface area contributed by atoms with Gasteiger partial charge >= 0.3 is 0 Å². The molecular formula is C14H17ClN2O. The van der Waals surface area contributed by atoms with Gasteiger partial charge in [0.25, 0.3) is 0 Å². The number of hydrogen-bond acceptors (Lipinski definition) is 2. The number of benzene rings is 1. The Balaban J connectivity index is 2.41. The first-order valence-electron chi connectivity index (χ1n) is 6.13. The number of aliphatic hydroxyl groups is 1. The standard InChI is InChI=1S/C14H17ClN2O/c1-3-4-14-16-7-8-17(14)13-6-5-11(10(2)18)9-12(13)15/h5-10,18H,3-4H2,1-2H3/t10-/m0/s1. The summed E-state index contributed by atoms with van der Waals surface area (Å²) in [6, 6.07) is 5.62. The van der Waals surface area contributed by atoms with Crippen molar-refractivity contribution in [3.05, 3.63) is 47.0 Å². The van der Waals surface area contributed by atoms with Gasteiger partial charge in [-0.05, 0) is 31.0 Å². The highest BCUT2D eigenvalue weighted by molar-refractivity contribution is 6.32. The van der Waals surface area contributed by atoms with Crippen LogP contribution in [0.15, 0.2) is 30.6 Å². The summed E-state index contributed by atoms with van der Waals surface area (Å²) in [5.74, 6) is 1.00. The van der Waals surface area contributed by atoms with Gasteiger partial charge in [-0.25, -0.2) is 4.98 Å². The van der Waals surface area contributed by atoms with Crippen LogP contribution in [0.5, 0.6) is 0 Å². The lowest BCUT2D eigenvalue weighted by Gasteiger charge is -2.12. The minimum absolute atomic E-state index is 0.505. The zero-order valence-corrected chi connectivity index (χ0v) is 11.4. The molecule has 2 aromatic rings. The number of hydrogen-bond donors (Lipinski definition) is 1. The molecule has 0 aliphatic carbocycles. The van der Waals surface area contributed by atoms with Crippen molar-refractivity contribution in [2.24, 2.45) is 0 Å². The van der Waals surface area contributed by atoms with Gasteiger partial charge in [-0.3, -0.25) is 0 Å². The zero-order valence-electron chi connectivity index (χ0n) is 10.6. The number of imidazole rings is 1. The van der Waals surface area contributed by atoms with Crippen LogP contribution in [0.25, 0.3) is 5.69 Å². The van der Waals surface area contributed by atoms with Crippen molar-refractivity contribution in [2.45, 2.75) is 32.8 Å². The summed E-state index contributed by atoms with van der Waals surface area (Å²) in [4.78, 5) is 4.34. The molecule has 0 saturated carbocycles. The maximum Gasteiger partial charge on any atom is 0.113 e. The van der Waals surface area contributed by atoms with Crippen LogP contribution < -0.4 is 0 Å². The smallest absolute Gasteiger partial charge is 0.113 e. The molecule has 0 bridgehead atoms. The van der Waals surface area contributed by atoms with Gasteiger partial charge in [0, 0.05) is 18.8 Å². The Labute approximate surface area is 112 Å². The molecule has 0 spiro atoms. The van der Waals surface area contributed by atoms with Gasteiger partial charge in [-0.15, -0.1) is 0 Å². The summed E-state index contributed by atoms with van der Waals surface area (Å²) < 4.78 is 2.00. The van der Waals surface area contributed by atoms with E-state index in [1.54, 1.807) is 19.2 Å². The lowest BCUT2D eigenvalue weighted by atomic mass is 10.1. The lowest BCUT2D eigenvalue weighted by molar-refractivity contribution is 0.199. The second-order valence-corrected chi connectivity index (χ2v) is 4.76. The largest absolute Gasteiger partial charge is 0.389 e. The third kappa shape index (κ3) is 2.57. The molecule has 1 heterocycles. The van der Waals surface area contributed by atoms with Gasteiger partial charge in [-0.2, -0.15) is 0 Å². The van der Waals surface area contributed by atoms with Crippen molar-refractivity contribution in [3.8, 4) is 5.69 Å². The van der Waals surface area contributed by atoms with Crippen molar-refractivity contribution in [1.82, 2.24) is 9.55 Å². The molecular weight excluding hydrogens is 248 g/mol. The summed E-state index contributed by atoms with van der Waals surface area (Å²) in [6.07, 6.45) is 5.15. The number of rotatable bonds is 4.